The molecule has 1 amide bonds. The molecular formula is C24H26N2O6S. The van der Waals surface area contributed by atoms with Gasteiger partial charge < -0.3 is 19.5 Å². The molecule has 3 rings (SSSR count). The number of nitrogens with one attached hydrogen (secondary N) is 2. The minimum atomic E-state index is -3.73. The van der Waals surface area contributed by atoms with E-state index in [0.717, 1.165) is 11.1 Å². The molecule has 0 bridgehead atoms. The smallest absolute Gasteiger partial charge is 0.261 e. The highest BCUT2D eigenvalue weighted by atomic mass is 32.2. The molecule has 0 unspecified atom stereocenters. The topological polar surface area (TPSA) is 103 Å². The molecular weight excluding hydrogens is 444 g/mol. The van der Waals surface area contributed by atoms with Gasteiger partial charge in [0, 0.05) is 12.2 Å². The predicted molar refractivity (Wildman–Crippen MR) is 125 cm³/mol. The lowest BCUT2D eigenvalue weighted by molar-refractivity contribution is -0.123. The van der Waals surface area contributed by atoms with E-state index in [-0.39, 0.29) is 17.4 Å². The molecule has 0 aliphatic heterocycles. The van der Waals surface area contributed by atoms with Crippen LogP contribution in [0.25, 0.3) is 0 Å². The zero-order valence-corrected chi connectivity index (χ0v) is 19.4. The van der Waals surface area contributed by atoms with E-state index in [0.29, 0.717) is 29.5 Å². The van der Waals surface area contributed by atoms with Gasteiger partial charge in [0.1, 0.15) is 5.75 Å². The van der Waals surface area contributed by atoms with Gasteiger partial charge in [-0.2, -0.15) is 0 Å². The molecule has 0 spiro atoms. The third kappa shape index (κ3) is 6.63. The summed E-state index contributed by atoms with van der Waals surface area (Å²) in [7, 11) is -0.629. The third-order valence-electron chi connectivity index (χ3n) is 4.75. The van der Waals surface area contributed by atoms with Crippen molar-refractivity contribution in [3.05, 3.63) is 77.9 Å². The molecule has 3 aromatic carbocycles. The number of hydrogen-bond donors (Lipinski definition) is 2. The SMILES string of the molecule is COc1ccc(CNC(=O)COc2ccc(S(=O)(=O)Nc3ccc(C)cc3)cc2)cc1OC. The van der Waals surface area contributed by atoms with Crippen molar-refractivity contribution in [3.63, 3.8) is 0 Å². The lowest BCUT2D eigenvalue weighted by Gasteiger charge is -2.11. The van der Waals surface area contributed by atoms with Crippen LogP contribution in [0.15, 0.2) is 71.6 Å². The fourth-order valence-electron chi connectivity index (χ4n) is 2.94. The van der Waals surface area contributed by atoms with Gasteiger partial charge in [0.25, 0.3) is 15.9 Å². The quantitative estimate of drug-likeness (QED) is 0.470. The number of carbonyl (C=O) groups is 1. The molecule has 174 valence electrons. The molecule has 0 aliphatic carbocycles. The lowest BCUT2D eigenvalue weighted by atomic mass is 10.2. The van der Waals surface area contributed by atoms with Crippen LogP contribution in [-0.4, -0.2) is 35.2 Å². The maximum absolute atomic E-state index is 12.5. The Bertz CT molecular complexity index is 1190. The van der Waals surface area contributed by atoms with E-state index in [9.17, 15) is 13.2 Å². The van der Waals surface area contributed by atoms with Gasteiger partial charge >= 0.3 is 0 Å². The van der Waals surface area contributed by atoms with E-state index >= 15 is 0 Å². The predicted octanol–water partition coefficient (Wildman–Crippen LogP) is 3.51. The van der Waals surface area contributed by atoms with Crippen molar-refractivity contribution in [1.29, 1.82) is 0 Å². The van der Waals surface area contributed by atoms with Gasteiger partial charge in [-0.3, -0.25) is 9.52 Å². The summed E-state index contributed by atoms with van der Waals surface area (Å²) in [5, 5.41) is 2.76. The molecule has 0 fully saturated rings. The number of aryl methyl sites for hydroxylation is 1. The first kappa shape index (κ1) is 23.9. The molecule has 3 aromatic rings. The Morgan fingerprint density at radius 1 is 0.879 bits per heavy atom. The number of benzene rings is 3. The first-order valence-electron chi connectivity index (χ1n) is 10.1. The standard InChI is InChI=1S/C24H26N2O6S/c1-17-4-7-19(8-5-17)26-33(28,29)21-11-9-20(10-12-21)32-16-24(27)25-15-18-6-13-22(30-2)23(14-18)31-3/h4-14,26H,15-16H2,1-3H3,(H,25,27). The van der Waals surface area contributed by atoms with Gasteiger partial charge in [-0.15, -0.1) is 0 Å². The van der Waals surface area contributed by atoms with Crippen molar-refractivity contribution in [3.8, 4) is 17.2 Å². The van der Waals surface area contributed by atoms with Crippen LogP contribution in [0.2, 0.25) is 0 Å². The van der Waals surface area contributed by atoms with Crippen molar-refractivity contribution in [2.45, 2.75) is 18.4 Å². The van der Waals surface area contributed by atoms with E-state index in [1.165, 1.54) is 24.3 Å². The number of amides is 1. The van der Waals surface area contributed by atoms with E-state index < -0.39 is 10.0 Å². The number of ether oxygens (including phenoxy) is 3. The number of hydrogen-bond acceptors (Lipinski definition) is 6. The summed E-state index contributed by atoms with van der Waals surface area (Å²) in [6.45, 7) is 2.01. The minimum Gasteiger partial charge on any atom is -0.493 e. The van der Waals surface area contributed by atoms with E-state index in [1.54, 1.807) is 38.5 Å². The Morgan fingerprint density at radius 3 is 2.18 bits per heavy atom. The van der Waals surface area contributed by atoms with Gasteiger partial charge in [0.2, 0.25) is 0 Å². The number of sulfonamides is 1. The number of methoxy groups -OCH3 is 2. The normalized spacial score (nSPS) is 10.9. The molecule has 8 nitrogen and oxygen atoms in total. The molecule has 0 atom stereocenters. The van der Waals surface area contributed by atoms with Crippen LogP contribution in [0, 0.1) is 6.92 Å². The summed E-state index contributed by atoms with van der Waals surface area (Å²) in [6, 6.07) is 18.3. The second kappa shape index (κ2) is 10.7. The number of carbonyl (C=O) groups excluding carboxylic acids is 1. The summed E-state index contributed by atoms with van der Waals surface area (Å²) < 4.78 is 43.5. The summed E-state index contributed by atoms with van der Waals surface area (Å²) in [4.78, 5) is 12.2. The molecule has 0 radical (unpaired) electrons. The van der Waals surface area contributed by atoms with Gasteiger partial charge in [0.15, 0.2) is 18.1 Å². The average Bonchev–Trinajstić information content (AvgIpc) is 2.82. The van der Waals surface area contributed by atoms with Crippen LogP contribution in [0.3, 0.4) is 0 Å². The first-order valence-corrected chi connectivity index (χ1v) is 11.6. The number of anilines is 1. The maximum Gasteiger partial charge on any atom is 0.261 e. The third-order valence-corrected chi connectivity index (χ3v) is 6.14. The zero-order valence-electron chi connectivity index (χ0n) is 18.6. The molecule has 33 heavy (non-hydrogen) atoms. The van der Waals surface area contributed by atoms with Crippen molar-refractivity contribution in [1.82, 2.24) is 5.32 Å². The van der Waals surface area contributed by atoms with Crippen LogP contribution in [0.1, 0.15) is 11.1 Å². The fraction of sp³-hybridized carbons (Fsp3) is 0.208. The minimum absolute atomic E-state index is 0.0910. The molecule has 0 saturated heterocycles. The Hall–Kier alpha value is -3.72. The summed E-state index contributed by atoms with van der Waals surface area (Å²) in [6.07, 6.45) is 0. The second-order valence-electron chi connectivity index (χ2n) is 7.20. The van der Waals surface area contributed by atoms with Crippen molar-refractivity contribution >= 4 is 21.6 Å². The highest BCUT2D eigenvalue weighted by molar-refractivity contribution is 7.92. The summed E-state index contributed by atoms with van der Waals surface area (Å²) in [5.74, 6) is 1.25. The molecule has 0 aliphatic rings. The maximum atomic E-state index is 12.5. The van der Waals surface area contributed by atoms with Crippen LogP contribution < -0.4 is 24.2 Å². The first-order chi connectivity index (χ1) is 15.8. The van der Waals surface area contributed by atoms with Gasteiger partial charge in [-0.1, -0.05) is 23.8 Å². The zero-order chi connectivity index (χ0) is 23.8. The van der Waals surface area contributed by atoms with Gasteiger partial charge in [-0.05, 0) is 61.0 Å². The monoisotopic (exact) mass is 470 g/mol. The fourth-order valence-corrected chi connectivity index (χ4v) is 4.00. The average molecular weight is 471 g/mol. The molecule has 0 aromatic heterocycles. The second-order valence-corrected chi connectivity index (χ2v) is 8.88. The Balaban J connectivity index is 1.51. The van der Waals surface area contributed by atoms with Crippen molar-refractivity contribution in [2.75, 3.05) is 25.5 Å². The van der Waals surface area contributed by atoms with Crippen LogP contribution >= 0.6 is 0 Å². The Kier molecular flexibility index (Phi) is 7.78. The summed E-state index contributed by atoms with van der Waals surface area (Å²) >= 11 is 0. The van der Waals surface area contributed by atoms with E-state index in [4.69, 9.17) is 14.2 Å². The van der Waals surface area contributed by atoms with E-state index in [2.05, 4.69) is 10.0 Å². The molecule has 9 heteroatoms. The number of rotatable bonds is 10. The summed E-state index contributed by atoms with van der Waals surface area (Å²) in [5.41, 5.74) is 2.36. The molecule has 2 N–H and O–H groups in total. The van der Waals surface area contributed by atoms with Gasteiger partial charge in [0.05, 0.1) is 19.1 Å². The molecule has 0 heterocycles. The van der Waals surface area contributed by atoms with Crippen LogP contribution in [0.4, 0.5) is 5.69 Å². The molecule has 0 saturated carbocycles. The van der Waals surface area contributed by atoms with Crippen molar-refractivity contribution < 1.29 is 27.4 Å². The highest BCUT2D eigenvalue weighted by Gasteiger charge is 2.14. The van der Waals surface area contributed by atoms with Crippen LogP contribution in [0.5, 0.6) is 17.2 Å². The Morgan fingerprint density at radius 2 is 1.55 bits per heavy atom. The lowest BCUT2D eigenvalue weighted by Crippen LogP contribution is -2.28. The highest BCUT2D eigenvalue weighted by Crippen LogP contribution is 2.27. The van der Waals surface area contributed by atoms with Gasteiger partial charge in [-0.25, -0.2) is 8.42 Å². The Labute approximate surface area is 193 Å². The van der Waals surface area contributed by atoms with Crippen molar-refractivity contribution in [2.24, 2.45) is 0 Å². The largest absolute Gasteiger partial charge is 0.493 e. The van der Waals surface area contributed by atoms with E-state index in [1.807, 2.05) is 25.1 Å². The van der Waals surface area contributed by atoms with Crippen LogP contribution in [-0.2, 0) is 21.4 Å².